The van der Waals surface area contributed by atoms with Gasteiger partial charge in [-0.3, -0.25) is 14.2 Å². The van der Waals surface area contributed by atoms with Crippen LogP contribution in [0.3, 0.4) is 0 Å². The van der Waals surface area contributed by atoms with Crippen molar-refractivity contribution in [3.05, 3.63) is 12.2 Å². The molecule has 0 aliphatic rings. The highest BCUT2D eigenvalue weighted by molar-refractivity contribution is 7.47. The summed E-state index contributed by atoms with van der Waals surface area (Å²) >= 11 is 0. The Morgan fingerprint density at radius 3 is 1.50 bits per heavy atom. The van der Waals surface area contributed by atoms with E-state index < -0.39 is 20.0 Å². The Kier molecular flexibility index (Phi) is 29.8. The Morgan fingerprint density at radius 2 is 1.09 bits per heavy atom. The van der Waals surface area contributed by atoms with Crippen LogP contribution in [-0.4, -0.2) is 60.4 Å². The van der Waals surface area contributed by atoms with Crippen molar-refractivity contribution in [3.8, 4) is 0 Å². The number of carbonyl (C=O) groups excluding carboxylic acids is 1. The molecule has 0 aliphatic heterocycles. The third-order valence-electron chi connectivity index (χ3n) is 8.34. The van der Waals surface area contributed by atoms with Crippen molar-refractivity contribution in [2.24, 2.45) is 0 Å². The first-order chi connectivity index (χ1) is 22.0. The largest absolute Gasteiger partial charge is 0.518 e. The van der Waals surface area contributed by atoms with Crippen LogP contribution in [0.2, 0.25) is 0 Å². The number of amides is 1. The van der Waals surface area contributed by atoms with Gasteiger partial charge in [0.05, 0.1) is 39.9 Å². The summed E-state index contributed by atoms with van der Waals surface area (Å²) in [5.74, 6) is -0.185. The van der Waals surface area contributed by atoms with Crippen molar-refractivity contribution in [2.45, 2.75) is 193 Å². The molecule has 0 aromatic rings. The Hall–Kier alpha value is -0.760. The van der Waals surface area contributed by atoms with Gasteiger partial charge in [-0.1, -0.05) is 172 Å². The minimum absolute atomic E-state index is 0.185. The third-order valence-corrected chi connectivity index (χ3v) is 9.51. The molecule has 0 aliphatic carbocycles. The standard InChI is InChI=1S/C37H75N2O6P/c1-6-8-10-12-14-16-18-20-22-24-26-28-30-32-36(40)35(34-44-46(42,43)45-39(3,4)5)38-37(41)33-31-29-27-25-23-21-19-17-15-13-11-9-7-2/h30,32,35-36,40H,6-29,31,33-34H2,1-5H3,(H-,38,41,42,43)/p+1/t35-,36+/m0/s1. The lowest BCUT2D eigenvalue weighted by Crippen LogP contribution is -2.45. The quantitative estimate of drug-likeness (QED) is 0.0206. The number of aliphatic hydroxyl groups is 1. The molecule has 0 rings (SSSR count). The van der Waals surface area contributed by atoms with Crippen LogP contribution >= 0.6 is 7.82 Å². The van der Waals surface area contributed by atoms with Gasteiger partial charge in [0.2, 0.25) is 5.91 Å². The smallest absolute Gasteiger partial charge is 0.387 e. The maximum Gasteiger partial charge on any atom is 0.518 e. The van der Waals surface area contributed by atoms with Crippen LogP contribution < -0.4 is 5.32 Å². The van der Waals surface area contributed by atoms with Gasteiger partial charge in [-0.15, -0.1) is 0 Å². The van der Waals surface area contributed by atoms with Gasteiger partial charge < -0.3 is 10.4 Å². The lowest BCUT2D eigenvalue weighted by Gasteiger charge is -2.26. The van der Waals surface area contributed by atoms with Gasteiger partial charge in [-0.2, -0.15) is 4.65 Å². The number of allylic oxidation sites excluding steroid dienone is 1. The molecule has 0 aromatic heterocycles. The van der Waals surface area contributed by atoms with Crippen molar-refractivity contribution in [1.29, 1.82) is 0 Å². The number of hydroxylamine groups is 3. The fraction of sp³-hybridized carbons (Fsp3) is 0.919. The summed E-state index contributed by atoms with van der Waals surface area (Å²) in [7, 11) is 0.437. The molecule has 0 saturated heterocycles. The van der Waals surface area contributed by atoms with Crippen LogP contribution in [0.25, 0.3) is 0 Å². The monoisotopic (exact) mass is 676 g/mol. The van der Waals surface area contributed by atoms with Crippen LogP contribution in [0.15, 0.2) is 12.2 Å². The summed E-state index contributed by atoms with van der Waals surface area (Å²) in [6.45, 7) is 4.17. The van der Waals surface area contributed by atoms with Gasteiger partial charge in [-0.05, 0) is 19.3 Å². The SMILES string of the molecule is CCCCCCCCCCCCCC=C[C@@H](O)[C@H](COP(=O)(O)O[N+](C)(C)C)NC(=O)CCCCCCCCCCCCCCC. The van der Waals surface area contributed by atoms with Crippen LogP contribution in [0.4, 0.5) is 0 Å². The molecule has 0 aromatic carbocycles. The number of phosphoric ester groups is 1. The Morgan fingerprint density at radius 1 is 0.696 bits per heavy atom. The lowest BCUT2D eigenvalue weighted by atomic mass is 10.0. The number of phosphoric acid groups is 1. The maximum atomic E-state index is 12.7. The van der Waals surface area contributed by atoms with Gasteiger partial charge in [0.15, 0.2) is 0 Å². The van der Waals surface area contributed by atoms with E-state index >= 15 is 0 Å². The number of nitrogens with one attached hydrogen (secondary N) is 1. The second-order valence-corrected chi connectivity index (χ2v) is 15.5. The van der Waals surface area contributed by atoms with E-state index in [4.69, 9.17) is 9.15 Å². The Balaban J connectivity index is 4.42. The van der Waals surface area contributed by atoms with Crippen molar-refractivity contribution >= 4 is 13.7 Å². The fourth-order valence-electron chi connectivity index (χ4n) is 5.61. The number of unbranched alkanes of at least 4 members (excludes halogenated alkanes) is 23. The molecule has 0 saturated carbocycles. The Bertz CT molecular complexity index is 773. The summed E-state index contributed by atoms with van der Waals surface area (Å²) in [5, 5.41) is 13.7. The minimum Gasteiger partial charge on any atom is -0.387 e. The molecule has 274 valence electrons. The highest BCUT2D eigenvalue weighted by Gasteiger charge is 2.33. The van der Waals surface area contributed by atoms with Crippen molar-refractivity contribution in [3.63, 3.8) is 0 Å². The predicted molar refractivity (Wildman–Crippen MR) is 193 cm³/mol. The first-order valence-corrected chi connectivity index (χ1v) is 20.6. The molecule has 0 bridgehead atoms. The van der Waals surface area contributed by atoms with Crippen molar-refractivity contribution in [2.75, 3.05) is 27.7 Å². The molecular weight excluding hydrogens is 599 g/mol. The highest BCUT2D eigenvalue weighted by Crippen LogP contribution is 2.45. The van der Waals surface area contributed by atoms with Crippen molar-refractivity contribution < 1.29 is 33.2 Å². The molecule has 1 unspecified atom stereocenters. The number of aliphatic hydroxyl groups excluding tert-OH is 1. The number of carbonyl (C=O) groups is 1. The molecule has 0 fully saturated rings. The molecule has 46 heavy (non-hydrogen) atoms. The molecule has 0 radical (unpaired) electrons. The minimum atomic E-state index is -4.38. The van der Waals surface area contributed by atoms with Crippen LogP contribution in [0.5, 0.6) is 0 Å². The van der Waals surface area contributed by atoms with Crippen molar-refractivity contribution in [1.82, 2.24) is 5.32 Å². The first kappa shape index (κ1) is 45.2. The van der Waals surface area contributed by atoms with E-state index in [-0.39, 0.29) is 17.2 Å². The molecule has 9 heteroatoms. The van der Waals surface area contributed by atoms with Crippen LogP contribution in [-0.2, 0) is 18.5 Å². The van der Waals surface area contributed by atoms with Gasteiger partial charge in [0, 0.05) is 6.42 Å². The summed E-state index contributed by atoms with van der Waals surface area (Å²) < 4.78 is 22.5. The topological polar surface area (TPSA) is 105 Å². The average Bonchev–Trinajstić information content (AvgIpc) is 2.98. The highest BCUT2D eigenvalue weighted by atomic mass is 31.2. The zero-order chi connectivity index (χ0) is 34.4. The fourth-order valence-corrected chi connectivity index (χ4v) is 6.63. The van der Waals surface area contributed by atoms with E-state index in [1.165, 1.54) is 122 Å². The van der Waals surface area contributed by atoms with E-state index in [1.54, 1.807) is 27.2 Å². The lowest BCUT2D eigenvalue weighted by molar-refractivity contribution is -1.04. The summed E-state index contributed by atoms with van der Waals surface area (Å²) in [5.41, 5.74) is 0. The Labute approximate surface area is 284 Å². The predicted octanol–water partition coefficient (Wildman–Crippen LogP) is 10.3. The number of quaternary nitrogens is 1. The van der Waals surface area contributed by atoms with E-state index in [0.29, 0.717) is 6.42 Å². The van der Waals surface area contributed by atoms with E-state index in [2.05, 4.69) is 19.2 Å². The van der Waals surface area contributed by atoms with E-state index in [9.17, 15) is 19.4 Å². The molecule has 0 heterocycles. The molecule has 1 amide bonds. The van der Waals surface area contributed by atoms with E-state index in [0.717, 1.165) is 38.5 Å². The number of hydrogen-bond donors (Lipinski definition) is 3. The van der Waals surface area contributed by atoms with Gasteiger partial charge in [-0.25, -0.2) is 4.57 Å². The summed E-state index contributed by atoms with van der Waals surface area (Å²) in [6, 6.07) is -0.848. The summed E-state index contributed by atoms with van der Waals surface area (Å²) in [6.07, 6.45) is 34.0. The van der Waals surface area contributed by atoms with Crippen LogP contribution in [0, 0.1) is 0 Å². The third kappa shape index (κ3) is 31.8. The van der Waals surface area contributed by atoms with Crippen LogP contribution in [0.1, 0.15) is 181 Å². The number of rotatable bonds is 34. The second kappa shape index (κ2) is 30.3. The zero-order valence-corrected chi connectivity index (χ0v) is 31.7. The molecule has 8 nitrogen and oxygen atoms in total. The van der Waals surface area contributed by atoms with Gasteiger partial charge in [0.25, 0.3) is 0 Å². The molecule has 0 spiro atoms. The molecule has 3 atom stereocenters. The zero-order valence-electron chi connectivity index (χ0n) is 30.8. The average molecular weight is 676 g/mol. The number of hydrogen-bond acceptors (Lipinski definition) is 5. The number of nitrogens with zero attached hydrogens (tertiary/aromatic N) is 1. The van der Waals surface area contributed by atoms with Gasteiger partial charge >= 0.3 is 7.82 Å². The normalized spacial score (nSPS) is 14.8. The first-order valence-electron chi connectivity index (χ1n) is 19.1. The maximum absolute atomic E-state index is 12.7. The second-order valence-electron chi connectivity index (χ2n) is 14.1. The molecular formula is C37H76N2O6P+. The van der Waals surface area contributed by atoms with Gasteiger partial charge in [0.1, 0.15) is 0 Å². The summed E-state index contributed by atoms with van der Waals surface area (Å²) in [4.78, 5) is 22.9. The van der Waals surface area contributed by atoms with E-state index in [1.807, 2.05) is 6.08 Å². The molecule has 3 N–H and O–H groups in total.